The van der Waals surface area contributed by atoms with Gasteiger partial charge in [-0.05, 0) is 42.7 Å². The molecule has 2 aromatic rings. The molecule has 1 aliphatic rings. The van der Waals surface area contributed by atoms with Crippen molar-refractivity contribution in [3.05, 3.63) is 58.7 Å². The number of benzene rings is 1. The van der Waals surface area contributed by atoms with Crippen LogP contribution in [0.4, 0.5) is 10.1 Å². The maximum Gasteiger partial charge on any atom is 0.299 e. The van der Waals surface area contributed by atoms with Crippen LogP contribution >= 0.6 is 0 Å². The van der Waals surface area contributed by atoms with E-state index in [1.165, 1.54) is 11.0 Å². The summed E-state index contributed by atoms with van der Waals surface area (Å²) in [7, 11) is 0. The molecule has 0 saturated heterocycles. The predicted molar refractivity (Wildman–Crippen MR) is 75.6 cm³/mol. The number of ketones is 1. The van der Waals surface area contributed by atoms with Crippen molar-refractivity contribution in [2.24, 2.45) is 0 Å². The van der Waals surface area contributed by atoms with Crippen molar-refractivity contribution in [2.45, 2.75) is 20.4 Å². The Kier molecular flexibility index (Phi) is 3.05. The molecule has 0 N–H and O–H groups in total. The largest absolute Gasteiger partial charge is 0.300 e. The number of carbonyl (C=O) groups excluding carboxylic acids is 2. The lowest BCUT2D eigenvalue weighted by atomic mass is 10.1. The van der Waals surface area contributed by atoms with Crippen LogP contribution < -0.4 is 4.90 Å². The van der Waals surface area contributed by atoms with Gasteiger partial charge < -0.3 is 4.90 Å². The molecular formula is C16H13FN2O2. The van der Waals surface area contributed by atoms with Crippen LogP contribution in [0.25, 0.3) is 0 Å². The van der Waals surface area contributed by atoms with E-state index in [1.807, 2.05) is 13.0 Å². The number of anilines is 1. The van der Waals surface area contributed by atoms with Gasteiger partial charge in [-0.15, -0.1) is 0 Å². The molecule has 5 heteroatoms. The maximum absolute atomic E-state index is 13.4. The molecule has 106 valence electrons. The number of fused-ring (bicyclic) bond motifs is 1. The van der Waals surface area contributed by atoms with Gasteiger partial charge in [-0.25, -0.2) is 4.39 Å². The summed E-state index contributed by atoms with van der Waals surface area (Å²) >= 11 is 0. The summed E-state index contributed by atoms with van der Waals surface area (Å²) < 4.78 is 13.4. The minimum atomic E-state index is -0.659. The molecule has 0 aliphatic carbocycles. The zero-order valence-electron chi connectivity index (χ0n) is 11.7. The van der Waals surface area contributed by atoms with Gasteiger partial charge in [-0.2, -0.15) is 0 Å². The third-order valence-electron chi connectivity index (χ3n) is 3.49. The number of hydrogen-bond acceptors (Lipinski definition) is 3. The van der Waals surface area contributed by atoms with E-state index in [9.17, 15) is 14.0 Å². The summed E-state index contributed by atoms with van der Waals surface area (Å²) in [6.45, 7) is 3.84. The number of aryl methyl sites for hydroxylation is 2. The molecule has 4 nitrogen and oxygen atoms in total. The van der Waals surface area contributed by atoms with Gasteiger partial charge in [-0.3, -0.25) is 14.6 Å². The van der Waals surface area contributed by atoms with E-state index in [1.54, 1.807) is 19.3 Å². The van der Waals surface area contributed by atoms with Crippen molar-refractivity contribution < 1.29 is 14.0 Å². The van der Waals surface area contributed by atoms with Crippen LogP contribution in [0.2, 0.25) is 0 Å². The highest BCUT2D eigenvalue weighted by Gasteiger charge is 2.37. The maximum atomic E-state index is 13.4. The van der Waals surface area contributed by atoms with Crippen LogP contribution in [0.1, 0.15) is 27.0 Å². The van der Waals surface area contributed by atoms with Crippen molar-refractivity contribution in [2.75, 3.05) is 4.90 Å². The lowest BCUT2D eigenvalue weighted by molar-refractivity contribution is -0.114. The molecule has 2 heterocycles. The summed E-state index contributed by atoms with van der Waals surface area (Å²) in [5.41, 5.74) is 3.00. The second-order valence-electron chi connectivity index (χ2n) is 5.21. The Hall–Kier alpha value is -2.56. The molecule has 3 rings (SSSR count). The van der Waals surface area contributed by atoms with Gasteiger partial charge in [0.25, 0.3) is 11.7 Å². The van der Waals surface area contributed by atoms with E-state index in [-0.39, 0.29) is 12.1 Å². The highest BCUT2D eigenvalue weighted by Crippen LogP contribution is 2.34. The number of nitrogens with zero attached hydrogens (tertiary/aromatic N) is 2. The normalized spacial score (nSPS) is 13.8. The fraction of sp³-hybridized carbons (Fsp3) is 0.188. The third kappa shape index (κ3) is 2.20. The molecule has 1 aromatic carbocycles. The zero-order valence-corrected chi connectivity index (χ0v) is 11.7. The van der Waals surface area contributed by atoms with E-state index < -0.39 is 17.5 Å². The zero-order chi connectivity index (χ0) is 15.1. The van der Waals surface area contributed by atoms with Gasteiger partial charge in [0.1, 0.15) is 5.82 Å². The molecule has 0 fully saturated rings. The SMILES string of the molecule is Cc1cncc(CN2C(=O)C(=O)c3cc(F)cc(C)c32)c1. The first-order valence-corrected chi connectivity index (χ1v) is 6.54. The van der Waals surface area contributed by atoms with Crippen LogP contribution in [-0.2, 0) is 11.3 Å². The molecule has 0 radical (unpaired) electrons. The Morgan fingerprint density at radius 1 is 1.14 bits per heavy atom. The third-order valence-corrected chi connectivity index (χ3v) is 3.49. The van der Waals surface area contributed by atoms with E-state index in [4.69, 9.17) is 0 Å². The molecule has 0 saturated carbocycles. The summed E-state index contributed by atoms with van der Waals surface area (Å²) in [6.07, 6.45) is 3.37. The summed E-state index contributed by atoms with van der Waals surface area (Å²) in [4.78, 5) is 29.6. The Morgan fingerprint density at radius 2 is 1.90 bits per heavy atom. The van der Waals surface area contributed by atoms with Gasteiger partial charge in [0.05, 0.1) is 17.8 Å². The monoisotopic (exact) mass is 284 g/mol. The summed E-state index contributed by atoms with van der Waals surface area (Å²) in [5.74, 6) is -1.79. The number of aromatic nitrogens is 1. The van der Waals surface area contributed by atoms with Crippen LogP contribution in [0.5, 0.6) is 0 Å². The van der Waals surface area contributed by atoms with Crippen LogP contribution in [0, 0.1) is 19.7 Å². The highest BCUT2D eigenvalue weighted by molar-refractivity contribution is 6.52. The molecule has 0 bridgehead atoms. The fourth-order valence-electron chi connectivity index (χ4n) is 2.64. The average molecular weight is 284 g/mol. The van der Waals surface area contributed by atoms with Gasteiger partial charge in [-0.1, -0.05) is 6.07 Å². The van der Waals surface area contributed by atoms with E-state index in [0.717, 1.165) is 17.2 Å². The lowest BCUT2D eigenvalue weighted by Gasteiger charge is -2.18. The van der Waals surface area contributed by atoms with E-state index in [0.29, 0.717) is 11.3 Å². The Balaban J connectivity index is 2.05. The predicted octanol–water partition coefficient (Wildman–Crippen LogP) is 2.57. The van der Waals surface area contributed by atoms with Crippen LogP contribution in [-0.4, -0.2) is 16.7 Å². The number of rotatable bonds is 2. The molecule has 0 unspecified atom stereocenters. The number of pyridine rings is 1. The number of hydrogen-bond donors (Lipinski definition) is 0. The highest BCUT2D eigenvalue weighted by atomic mass is 19.1. The van der Waals surface area contributed by atoms with E-state index in [2.05, 4.69) is 4.98 Å². The number of carbonyl (C=O) groups is 2. The van der Waals surface area contributed by atoms with Crippen molar-refractivity contribution in [3.8, 4) is 0 Å². The van der Waals surface area contributed by atoms with Gasteiger partial charge in [0, 0.05) is 12.4 Å². The smallest absolute Gasteiger partial charge is 0.299 e. The number of Topliss-reactive ketones (excluding diaryl/α,β-unsaturated/α-hetero) is 1. The Labute approximate surface area is 121 Å². The first-order chi connectivity index (χ1) is 9.97. The Bertz CT molecular complexity index is 771. The fourth-order valence-corrected chi connectivity index (χ4v) is 2.64. The standard InChI is InChI=1S/C16H13FN2O2/c1-9-3-11(7-18-6-9)8-19-14-10(2)4-12(17)5-13(14)15(20)16(19)21/h3-7H,8H2,1-2H3. The van der Waals surface area contributed by atoms with Crippen molar-refractivity contribution in [1.29, 1.82) is 0 Å². The van der Waals surface area contributed by atoms with Gasteiger partial charge >= 0.3 is 0 Å². The van der Waals surface area contributed by atoms with E-state index >= 15 is 0 Å². The van der Waals surface area contributed by atoms with Crippen molar-refractivity contribution >= 4 is 17.4 Å². The molecule has 1 aromatic heterocycles. The Morgan fingerprint density at radius 3 is 2.62 bits per heavy atom. The molecular weight excluding hydrogens is 271 g/mol. The molecule has 21 heavy (non-hydrogen) atoms. The van der Waals surface area contributed by atoms with Crippen LogP contribution in [0.15, 0.2) is 30.6 Å². The molecule has 1 aliphatic heterocycles. The second-order valence-corrected chi connectivity index (χ2v) is 5.21. The van der Waals surface area contributed by atoms with Crippen molar-refractivity contribution in [1.82, 2.24) is 4.98 Å². The molecule has 0 spiro atoms. The van der Waals surface area contributed by atoms with Crippen molar-refractivity contribution in [3.63, 3.8) is 0 Å². The molecule has 1 amide bonds. The summed E-state index contributed by atoms with van der Waals surface area (Å²) in [5, 5.41) is 0. The minimum absolute atomic E-state index is 0.137. The topological polar surface area (TPSA) is 50.3 Å². The first kappa shape index (κ1) is 13.4. The first-order valence-electron chi connectivity index (χ1n) is 6.54. The summed E-state index contributed by atoms with van der Waals surface area (Å²) in [6, 6.07) is 4.35. The second kappa shape index (κ2) is 4.77. The van der Waals surface area contributed by atoms with Crippen LogP contribution in [0.3, 0.4) is 0 Å². The molecule has 0 atom stereocenters. The number of halogens is 1. The number of amides is 1. The lowest BCUT2D eigenvalue weighted by Crippen LogP contribution is -2.29. The van der Waals surface area contributed by atoms with Gasteiger partial charge in [0.15, 0.2) is 0 Å². The average Bonchev–Trinajstić information content (AvgIpc) is 2.64. The minimum Gasteiger partial charge on any atom is -0.300 e. The van der Waals surface area contributed by atoms with Gasteiger partial charge in [0.2, 0.25) is 0 Å². The quantitative estimate of drug-likeness (QED) is 0.796.